The zero-order valence-corrected chi connectivity index (χ0v) is 25.2. The van der Waals surface area contributed by atoms with Crippen LogP contribution in [0.1, 0.15) is 47.2 Å². The van der Waals surface area contributed by atoms with Crippen LogP contribution in [-0.4, -0.2) is 62.9 Å². The number of benzene rings is 3. The van der Waals surface area contributed by atoms with Crippen LogP contribution in [0.4, 0.5) is 4.79 Å². The van der Waals surface area contributed by atoms with Crippen molar-refractivity contribution in [3.63, 3.8) is 0 Å². The van der Waals surface area contributed by atoms with Gasteiger partial charge in [-0.25, -0.2) is 4.79 Å². The zero-order chi connectivity index (χ0) is 30.1. The Kier molecular flexibility index (Phi) is 10.8. The molecule has 3 N–H and O–H groups in total. The van der Waals surface area contributed by atoms with Gasteiger partial charge in [-0.05, 0) is 79.8 Å². The van der Waals surface area contributed by atoms with Crippen molar-refractivity contribution in [3.8, 4) is 16.9 Å². The van der Waals surface area contributed by atoms with E-state index >= 15 is 0 Å². The van der Waals surface area contributed by atoms with Gasteiger partial charge in [0.25, 0.3) is 5.91 Å². The SMILES string of the molecule is CNCc1ccc(C(=O)N2CCCC(C(O)(CCCNC(=O)OC)c3cccc(Cl)c3-c3cccc(OC)c3)C2)cc1. The largest absolute Gasteiger partial charge is 0.497 e. The van der Waals surface area contributed by atoms with Crippen molar-refractivity contribution in [2.24, 2.45) is 5.92 Å². The Balaban J connectivity index is 1.69. The van der Waals surface area contributed by atoms with Gasteiger partial charge in [-0.15, -0.1) is 0 Å². The first-order valence-electron chi connectivity index (χ1n) is 14.3. The Morgan fingerprint density at radius 2 is 1.86 bits per heavy atom. The van der Waals surface area contributed by atoms with Crippen LogP contribution in [0.15, 0.2) is 66.7 Å². The second-order valence-electron chi connectivity index (χ2n) is 10.7. The predicted molar refractivity (Wildman–Crippen MR) is 165 cm³/mol. The Morgan fingerprint density at radius 3 is 2.57 bits per heavy atom. The first-order valence-corrected chi connectivity index (χ1v) is 14.7. The van der Waals surface area contributed by atoms with Gasteiger partial charge in [-0.1, -0.05) is 48.0 Å². The van der Waals surface area contributed by atoms with Crippen LogP contribution in [-0.2, 0) is 16.9 Å². The van der Waals surface area contributed by atoms with Crippen molar-refractivity contribution >= 4 is 23.6 Å². The summed E-state index contributed by atoms with van der Waals surface area (Å²) in [5.74, 6) is 0.364. The summed E-state index contributed by atoms with van der Waals surface area (Å²) in [6.45, 7) is 2.07. The number of carbonyl (C=O) groups is 2. The van der Waals surface area contributed by atoms with Gasteiger partial charge >= 0.3 is 6.09 Å². The fourth-order valence-corrected chi connectivity index (χ4v) is 6.12. The molecule has 9 heteroatoms. The first-order chi connectivity index (χ1) is 20.3. The molecule has 42 heavy (non-hydrogen) atoms. The van der Waals surface area contributed by atoms with Crippen molar-refractivity contribution in [1.29, 1.82) is 0 Å². The van der Waals surface area contributed by atoms with Gasteiger partial charge in [0.2, 0.25) is 0 Å². The quantitative estimate of drug-likeness (QED) is 0.250. The summed E-state index contributed by atoms with van der Waals surface area (Å²) in [6.07, 6.45) is 1.81. The molecule has 0 aliphatic carbocycles. The van der Waals surface area contributed by atoms with E-state index in [1.165, 1.54) is 7.11 Å². The molecular formula is C33H40ClN3O5. The number of carbonyl (C=O) groups excluding carboxylic acids is 2. The van der Waals surface area contributed by atoms with E-state index in [9.17, 15) is 14.7 Å². The van der Waals surface area contributed by atoms with Gasteiger partial charge in [0.1, 0.15) is 5.75 Å². The molecule has 2 atom stereocenters. The summed E-state index contributed by atoms with van der Waals surface area (Å²) in [5, 5.41) is 19.1. The van der Waals surface area contributed by atoms with Crippen LogP contribution in [0.25, 0.3) is 11.1 Å². The third kappa shape index (κ3) is 7.24. The van der Waals surface area contributed by atoms with Crippen molar-refractivity contribution in [1.82, 2.24) is 15.5 Å². The van der Waals surface area contributed by atoms with Gasteiger partial charge in [0.05, 0.1) is 19.8 Å². The molecule has 1 fully saturated rings. The standard InChI is InChI=1S/C33H40ClN3O5/c1-35-21-23-13-15-24(16-14-23)31(38)37-19-6-9-26(22-37)33(40,17-7-18-36-32(39)42-3)28-11-5-12-29(34)30(28)25-8-4-10-27(20-25)41-2/h4-5,8,10-16,20,26,35,40H,6-7,9,17-19,21-22H2,1-3H3,(H,36,39). The van der Waals surface area contributed by atoms with Crippen LogP contribution in [0.2, 0.25) is 5.02 Å². The molecule has 224 valence electrons. The molecule has 1 heterocycles. The lowest BCUT2D eigenvalue weighted by Crippen LogP contribution is -2.48. The second kappa shape index (κ2) is 14.5. The van der Waals surface area contributed by atoms with E-state index in [4.69, 9.17) is 21.1 Å². The summed E-state index contributed by atoms with van der Waals surface area (Å²) in [4.78, 5) is 27.1. The molecular weight excluding hydrogens is 554 g/mol. The number of halogens is 1. The summed E-state index contributed by atoms with van der Waals surface area (Å²) >= 11 is 6.83. The van der Waals surface area contributed by atoms with Crippen molar-refractivity contribution in [3.05, 3.63) is 88.4 Å². The molecule has 2 amide bonds. The maximum atomic E-state index is 13.6. The highest BCUT2D eigenvalue weighted by Crippen LogP contribution is 2.46. The highest BCUT2D eigenvalue weighted by Gasteiger charge is 2.43. The average Bonchev–Trinajstić information content (AvgIpc) is 3.03. The number of amides is 2. The van der Waals surface area contributed by atoms with Crippen LogP contribution in [0.3, 0.4) is 0 Å². The highest BCUT2D eigenvalue weighted by molar-refractivity contribution is 6.33. The number of likely N-dealkylation sites (tertiary alicyclic amines) is 1. The van der Waals surface area contributed by atoms with Gasteiger partial charge in [0, 0.05) is 48.2 Å². The van der Waals surface area contributed by atoms with Gasteiger partial charge in [0.15, 0.2) is 0 Å². The van der Waals surface area contributed by atoms with Crippen LogP contribution in [0.5, 0.6) is 5.75 Å². The average molecular weight is 594 g/mol. The van der Waals surface area contributed by atoms with Crippen LogP contribution < -0.4 is 15.4 Å². The molecule has 1 aliphatic heterocycles. The van der Waals surface area contributed by atoms with Crippen LogP contribution >= 0.6 is 11.6 Å². The second-order valence-corrected chi connectivity index (χ2v) is 11.1. The van der Waals surface area contributed by atoms with E-state index in [1.54, 1.807) is 7.11 Å². The summed E-state index contributed by atoms with van der Waals surface area (Å²) in [6, 6.07) is 20.8. The maximum absolute atomic E-state index is 13.6. The van der Waals surface area contributed by atoms with Crippen molar-refractivity contribution in [2.75, 3.05) is 40.9 Å². The fourth-order valence-electron chi connectivity index (χ4n) is 5.84. The molecule has 4 rings (SSSR count). The monoisotopic (exact) mass is 593 g/mol. The van der Waals surface area contributed by atoms with Gasteiger partial charge in [-0.3, -0.25) is 4.79 Å². The molecule has 3 aromatic rings. The lowest BCUT2D eigenvalue weighted by Gasteiger charge is -2.44. The Hall–Kier alpha value is -3.59. The van der Waals surface area contributed by atoms with Gasteiger partial charge < -0.3 is 30.1 Å². The van der Waals surface area contributed by atoms with E-state index in [-0.39, 0.29) is 11.8 Å². The number of nitrogens with zero attached hydrogens (tertiary/aromatic N) is 1. The molecule has 0 saturated carbocycles. The Bertz CT molecular complexity index is 1370. The number of ether oxygens (including phenoxy) is 2. The molecule has 3 aromatic carbocycles. The minimum atomic E-state index is -1.34. The van der Waals surface area contributed by atoms with Gasteiger partial charge in [-0.2, -0.15) is 0 Å². The first kappa shape index (κ1) is 31.3. The van der Waals surface area contributed by atoms with E-state index in [0.717, 1.165) is 36.1 Å². The third-order valence-corrected chi connectivity index (χ3v) is 8.31. The number of aliphatic hydroxyl groups is 1. The van der Waals surface area contributed by atoms with E-state index in [0.29, 0.717) is 54.4 Å². The number of nitrogens with one attached hydrogen (secondary N) is 2. The Labute approximate surface area is 253 Å². The molecule has 0 aromatic heterocycles. The van der Waals surface area contributed by atoms with Crippen molar-refractivity contribution < 1.29 is 24.2 Å². The molecule has 0 spiro atoms. The molecule has 0 radical (unpaired) electrons. The summed E-state index contributed by atoms with van der Waals surface area (Å²) in [5.41, 5.74) is 2.64. The lowest BCUT2D eigenvalue weighted by molar-refractivity contribution is -0.0563. The zero-order valence-electron chi connectivity index (χ0n) is 24.5. The minimum absolute atomic E-state index is 0.0514. The number of hydrogen-bond donors (Lipinski definition) is 3. The Morgan fingerprint density at radius 1 is 1.10 bits per heavy atom. The smallest absolute Gasteiger partial charge is 0.406 e. The summed E-state index contributed by atoms with van der Waals surface area (Å²) in [7, 11) is 4.82. The molecule has 1 aliphatic rings. The minimum Gasteiger partial charge on any atom is -0.497 e. The summed E-state index contributed by atoms with van der Waals surface area (Å²) < 4.78 is 10.2. The number of hydrogen-bond acceptors (Lipinski definition) is 6. The van der Waals surface area contributed by atoms with E-state index < -0.39 is 11.7 Å². The third-order valence-electron chi connectivity index (χ3n) is 7.99. The number of methoxy groups -OCH3 is 2. The normalized spacial score (nSPS) is 16.4. The molecule has 8 nitrogen and oxygen atoms in total. The molecule has 1 saturated heterocycles. The van der Waals surface area contributed by atoms with E-state index in [2.05, 4.69) is 10.6 Å². The molecule has 0 bridgehead atoms. The lowest BCUT2D eigenvalue weighted by atomic mass is 9.72. The predicted octanol–water partition coefficient (Wildman–Crippen LogP) is 5.61. The number of rotatable bonds is 11. The van der Waals surface area contributed by atoms with Crippen molar-refractivity contribution in [2.45, 2.75) is 37.8 Å². The molecule has 2 unspecified atom stereocenters. The van der Waals surface area contributed by atoms with Crippen LogP contribution in [0, 0.1) is 5.92 Å². The number of piperidine rings is 1. The highest BCUT2D eigenvalue weighted by atomic mass is 35.5. The topological polar surface area (TPSA) is 100 Å². The number of alkyl carbamates (subject to hydrolysis) is 1. The van der Waals surface area contributed by atoms with E-state index in [1.807, 2.05) is 78.7 Å². The maximum Gasteiger partial charge on any atom is 0.406 e. The fraction of sp³-hybridized carbons (Fsp3) is 0.394.